The molecule has 1 heterocycles. The Kier molecular flexibility index (Phi) is 2.70. The first-order chi connectivity index (χ1) is 7.56. The van der Waals surface area contributed by atoms with Crippen molar-refractivity contribution in [3.63, 3.8) is 0 Å². The fourth-order valence-electron chi connectivity index (χ4n) is 1.40. The maximum absolute atomic E-state index is 13.2. The second-order valence-corrected chi connectivity index (χ2v) is 3.75. The first kappa shape index (κ1) is 10.8. The van der Waals surface area contributed by atoms with E-state index in [2.05, 4.69) is 10.2 Å². The van der Waals surface area contributed by atoms with Gasteiger partial charge in [-0.05, 0) is 37.6 Å². The van der Waals surface area contributed by atoms with Crippen molar-refractivity contribution in [2.45, 2.75) is 19.9 Å². The molecule has 0 spiro atoms. The number of hydrogen-bond donors (Lipinski definition) is 1. The Morgan fingerprint density at radius 2 is 2.06 bits per heavy atom. The zero-order valence-electron chi connectivity index (χ0n) is 9.07. The van der Waals surface area contributed by atoms with E-state index < -0.39 is 0 Å². The van der Waals surface area contributed by atoms with Gasteiger partial charge in [0.1, 0.15) is 5.82 Å². The van der Waals surface area contributed by atoms with Gasteiger partial charge >= 0.3 is 0 Å². The molecule has 0 aliphatic carbocycles. The van der Waals surface area contributed by atoms with Gasteiger partial charge in [-0.2, -0.15) is 0 Å². The Balaban J connectivity index is 2.42. The smallest absolute Gasteiger partial charge is 0.247 e. The number of halogens is 1. The Labute approximate surface area is 92.3 Å². The molecule has 2 rings (SSSR count). The lowest BCUT2D eigenvalue weighted by Crippen LogP contribution is -2.04. The van der Waals surface area contributed by atoms with Gasteiger partial charge in [0.25, 0.3) is 0 Å². The van der Waals surface area contributed by atoms with E-state index in [1.165, 1.54) is 12.1 Å². The second kappa shape index (κ2) is 4.02. The van der Waals surface area contributed by atoms with Gasteiger partial charge in [-0.1, -0.05) is 0 Å². The second-order valence-electron chi connectivity index (χ2n) is 3.75. The van der Waals surface area contributed by atoms with E-state index in [1.54, 1.807) is 19.9 Å². The molecule has 0 bridgehead atoms. The van der Waals surface area contributed by atoms with Crippen molar-refractivity contribution in [1.29, 1.82) is 0 Å². The number of aromatic nitrogens is 2. The molecule has 0 fully saturated rings. The number of benzene rings is 1. The predicted octanol–water partition coefficient (Wildman–Crippen LogP) is 2.20. The van der Waals surface area contributed by atoms with Crippen molar-refractivity contribution in [3.05, 3.63) is 35.5 Å². The van der Waals surface area contributed by atoms with Gasteiger partial charge in [0.2, 0.25) is 11.8 Å². The molecule has 2 aromatic rings. The normalized spacial score (nSPS) is 12.8. The summed E-state index contributed by atoms with van der Waals surface area (Å²) in [5.74, 6) is 0.308. The minimum absolute atomic E-state index is 0.287. The molecule has 2 N–H and O–H groups in total. The fourth-order valence-corrected chi connectivity index (χ4v) is 1.40. The molecule has 0 radical (unpaired) electrons. The summed E-state index contributed by atoms with van der Waals surface area (Å²) in [6.07, 6.45) is 0. The molecule has 0 saturated carbocycles. The number of hydrogen-bond acceptors (Lipinski definition) is 4. The molecule has 84 valence electrons. The standard InChI is InChI=1S/C11H12FN3O/c1-6-3-8(5-9(12)4-6)11-15-14-10(16-11)7(2)13/h3-5,7H,13H2,1-2H3. The van der Waals surface area contributed by atoms with Gasteiger partial charge in [0.05, 0.1) is 6.04 Å². The Hall–Kier alpha value is -1.75. The van der Waals surface area contributed by atoms with Crippen LogP contribution in [0.25, 0.3) is 11.5 Å². The summed E-state index contributed by atoms with van der Waals surface area (Å²) in [7, 11) is 0. The summed E-state index contributed by atoms with van der Waals surface area (Å²) < 4.78 is 18.5. The zero-order valence-corrected chi connectivity index (χ0v) is 9.07. The van der Waals surface area contributed by atoms with Crippen LogP contribution in [0.3, 0.4) is 0 Å². The lowest BCUT2D eigenvalue weighted by Gasteiger charge is -1.98. The minimum Gasteiger partial charge on any atom is -0.419 e. The maximum Gasteiger partial charge on any atom is 0.247 e. The molecule has 0 saturated heterocycles. The minimum atomic E-state index is -0.324. The molecule has 0 amide bonds. The van der Waals surface area contributed by atoms with Crippen LogP contribution in [0.1, 0.15) is 24.4 Å². The van der Waals surface area contributed by atoms with E-state index >= 15 is 0 Å². The topological polar surface area (TPSA) is 64.9 Å². The largest absolute Gasteiger partial charge is 0.419 e. The third-order valence-corrected chi connectivity index (χ3v) is 2.12. The van der Waals surface area contributed by atoms with E-state index in [0.717, 1.165) is 5.56 Å². The summed E-state index contributed by atoms with van der Waals surface area (Å²) in [5.41, 5.74) is 6.96. The van der Waals surface area contributed by atoms with Crippen LogP contribution in [-0.4, -0.2) is 10.2 Å². The van der Waals surface area contributed by atoms with Crippen LogP contribution >= 0.6 is 0 Å². The number of nitrogens with two attached hydrogens (primary N) is 1. The monoisotopic (exact) mass is 221 g/mol. The highest BCUT2D eigenvalue weighted by Gasteiger charge is 2.12. The highest BCUT2D eigenvalue weighted by Crippen LogP contribution is 2.21. The molecule has 5 heteroatoms. The van der Waals surface area contributed by atoms with Crippen LogP contribution in [0.4, 0.5) is 4.39 Å². The molecule has 1 aromatic heterocycles. The van der Waals surface area contributed by atoms with Crippen LogP contribution in [0.2, 0.25) is 0 Å². The van der Waals surface area contributed by atoms with Gasteiger partial charge in [0, 0.05) is 5.56 Å². The Bertz CT molecular complexity index is 487. The third-order valence-electron chi connectivity index (χ3n) is 2.12. The van der Waals surface area contributed by atoms with E-state index in [9.17, 15) is 4.39 Å². The van der Waals surface area contributed by atoms with Crippen LogP contribution in [0.15, 0.2) is 22.6 Å². The van der Waals surface area contributed by atoms with Gasteiger partial charge < -0.3 is 10.2 Å². The van der Waals surface area contributed by atoms with Gasteiger partial charge in [-0.25, -0.2) is 4.39 Å². The summed E-state index contributed by atoms with van der Waals surface area (Å²) in [5, 5.41) is 7.61. The lowest BCUT2D eigenvalue weighted by molar-refractivity contribution is 0.473. The van der Waals surface area contributed by atoms with Crippen molar-refractivity contribution in [3.8, 4) is 11.5 Å². The van der Waals surface area contributed by atoms with Crippen molar-refractivity contribution in [2.75, 3.05) is 0 Å². The summed E-state index contributed by atoms with van der Waals surface area (Å²) >= 11 is 0. The van der Waals surface area contributed by atoms with Gasteiger partial charge in [-0.3, -0.25) is 0 Å². The Morgan fingerprint density at radius 1 is 1.31 bits per heavy atom. The first-order valence-corrected chi connectivity index (χ1v) is 4.93. The zero-order chi connectivity index (χ0) is 11.7. The van der Waals surface area contributed by atoms with Gasteiger partial charge in [0.15, 0.2) is 0 Å². The molecule has 0 aliphatic rings. The van der Waals surface area contributed by atoms with Crippen LogP contribution in [-0.2, 0) is 0 Å². The third kappa shape index (κ3) is 2.09. The van der Waals surface area contributed by atoms with Crippen LogP contribution in [0, 0.1) is 12.7 Å². The fraction of sp³-hybridized carbons (Fsp3) is 0.273. The van der Waals surface area contributed by atoms with Crippen molar-refractivity contribution >= 4 is 0 Å². The quantitative estimate of drug-likeness (QED) is 0.844. The molecule has 1 atom stereocenters. The summed E-state index contributed by atoms with van der Waals surface area (Å²) in [4.78, 5) is 0. The van der Waals surface area contributed by atoms with E-state index in [-0.39, 0.29) is 17.7 Å². The highest BCUT2D eigenvalue weighted by atomic mass is 19.1. The number of nitrogens with zero attached hydrogens (tertiary/aromatic N) is 2. The van der Waals surface area contributed by atoms with Crippen molar-refractivity contribution in [2.24, 2.45) is 5.73 Å². The average Bonchev–Trinajstić information content (AvgIpc) is 2.64. The SMILES string of the molecule is Cc1cc(F)cc(-c2nnc(C(C)N)o2)c1. The average molecular weight is 221 g/mol. The van der Waals surface area contributed by atoms with Crippen LogP contribution < -0.4 is 5.73 Å². The molecule has 16 heavy (non-hydrogen) atoms. The molecule has 1 unspecified atom stereocenters. The van der Waals surface area contributed by atoms with E-state index in [4.69, 9.17) is 10.2 Å². The van der Waals surface area contributed by atoms with E-state index in [0.29, 0.717) is 11.5 Å². The molecular weight excluding hydrogens is 209 g/mol. The first-order valence-electron chi connectivity index (χ1n) is 4.93. The lowest BCUT2D eigenvalue weighted by atomic mass is 10.1. The van der Waals surface area contributed by atoms with E-state index in [1.807, 2.05) is 0 Å². The Morgan fingerprint density at radius 3 is 2.62 bits per heavy atom. The molecule has 0 aliphatic heterocycles. The molecule has 1 aromatic carbocycles. The number of aryl methyl sites for hydroxylation is 1. The summed E-state index contributed by atoms with van der Waals surface area (Å²) in [6, 6.07) is 4.25. The van der Waals surface area contributed by atoms with Crippen LogP contribution in [0.5, 0.6) is 0 Å². The predicted molar refractivity (Wildman–Crippen MR) is 57.0 cm³/mol. The van der Waals surface area contributed by atoms with Crippen molar-refractivity contribution < 1.29 is 8.81 Å². The van der Waals surface area contributed by atoms with Crippen molar-refractivity contribution in [1.82, 2.24) is 10.2 Å². The summed E-state index contributed by atoms with van der Waals surface area (Å²) in [6.45, 7) is 3.55. The maximum atomic E-state index is 13.2. The van der Waals surface area contributed by atoms with Gasteiger partial charge in [-0.15, -0.1) is 10.2 Å². The highest BCUT2D eigenvalue weighted by molar-refractivity contribution is 5.53. The molecular formula is C11H12FN3O. The molecule has 4 nitrogen and oxygen atoms in total. The number of rotatable bonds is 2.